The SMILES string of the molecule is COc1ccc2c(c1)c1c3c4cc(OC)ccc4n(C)c3c3c(c4cc(OC)ccc4n3C)c1n2C.COc1ccc2c(c1)c1c3c4cc(OC)ccc4n(C)c3c3c(c4cc(OC)ccc4n3C)c1n2C. The summed E-state index contributed by atoms with van der Waals surface area (Å²) in [6.45, 7) is 0. The first-order valence-corrected chi connectivity index (χ1v) is 24.0. The van der Waals surface area contributed by atoms with Crippen molar-refractivity contribution in [2.75, 3.05) is 42.7 Å². The van der Waals surface area contributed by atoms with Gasteiger partial charge in [-0.25, -0.2) is 0 Å². The number of benzene rings is 8. The monoisotopic (exact) mass is 954 g/mol. The summed E-state index contributed by atoms with van der Waals surface area (Å²) in [5.41, 5.74) is 14.2. The highest BCUT2D eigenvalue weighted by Gasteiger charge is 2.28. The lowest BCUT2D eigenvalue weighted by atomic mass is 10.0. The number of methoxy groups -OCH3 is 6. The summed E-state index contributed by atoms with van der Waals surface area (Å²) in [4.78, 5) is 0. The van der Waals surface area contributed by atoms with Crippen LogP contribution in [0.5, 0.6) is 34.5 Å². The van der Waals surface area contributed by atoms with Gasteiger partial charge in [0.2, 0.25) is 0 Å². The Labute approximate surface area is 413 Å². The van der Waals surface area contributed by atoms with E-state index in [2.05, 4.69) is 142 Å². The second-order valence-corrected chi connectivity index (χ2v) is 19.0. The minimum Gasteiger partial charge on any atom is -0.497 e. The third kappa shape index (κ3) is 5.51. The highest BCUT2D eigenvalue weighted by molar-refractivity contribution is 6.41. The average molecular weight is 955 g/mol. The zero-order valence-electron chi connectivity index (χ0n) is 42.5. The number of hydrogen-bond acceptors (Lipinski definition) is 6. The molecule has 14 rings (SSSR count). The molecule has 0 spiro atoms. The molecule has 14 aromatic rings. The first kappa shape index (κ1) is 43.4. The molecule has 72 heavy (non-hydrogen) atoms. The van der Waals surface area contributed by atoms with Crippen LogP contribution >= 0.6 is 0 Å². The molecule has 0 aliphatic carbocycles. The number of ether oxygens (including phenoxy) is 6. The fourth-order valence-electron chi connectivity index (χ4n) is 12.5. The van der Waals surface area contributed by atoms with Crippen LogP contribution in [0.25, 0.3) is 131 Å². The van der Waals surface area contributed by atoms with E-state index in [0.717, 1.165) is 34.5 Å². The van der Waals surface area contributed by atoms with Crippen LogP contribution in [-0.2, 0) is 42.3 Å². The van der Waals surface area contributed by atoms with Crippen molar-refractivity contribution in [1.82, 2.24) is 27.4 Å². The Morgan fingerprint density at radius 3 is 0.597 bits per heavy atom. The van der Waals surface area contributed by atoms with Crippen LogP contribution < -0.4 is 28.4 Å². The highest BCUT2D eigenvalue weighted by atomic mass is 16.5. The van der Waals surface area contributed by atoms with E-state index >= 15 is 0 Å². The fraction of sp³-hybridized carbons (Fsp3) is 0.200. The van der Waals surface area contributed by atoms with Crippen LogP contribution in [0, 0.1) is 0 Å². The number of rotatable bonds is 6. The predicted octanol–water partition coefficient (Wildman–Crippen LogP) is 13.3. The molecule has 0 radical (unpaired) electrons. The van der Waals surface area contributed by atoms with Gasteiger partial charge in [-0.3, -0.25) is 0 Å². The number of aryl methyl sites for hydroxylation is 6. The molecule has 360 valence electrons. The van der Waals surface area contributed by atoms with E-state index in [1.807, 2.05) is 36.4 Å². The summed E-state index contributed by atoms with van der Waals surface area (Å²) in [7, 11) is 23.3. The van der Waals surface area contributed by atoms with Crippen LogP contribution in [0.2, 0.25) is 0 Å². The van der Waals surface area contributed by atoms with Crippen LogP contribution in [-0.4, -0.2) is 70.1 Å². The Hall–Kier alpha value is -8.64. The van der Waals surface area contributed by atoms with Gasteiger partial charge in [-0.1, -0.05) is 0 Å². The van der Waals surface area contributed by atoms with Crippen molar-refractivity contribution in [2.45, 2.75) is 0 Å². The van der Waals surface area contributed by atoms with Crippen LogP contribution in [0.15, 0.2) is 109 Å². The fourth-order valence-corrected chi connectivity index (χ4v) is 12.5. The lowest BCUT2D eigenvalue weighted by molar-refractivity contribution is 0.415. The Balaban J connectivity index is 0.000000140. The first-order chi connectivity index (χ1) is 35.0. The van der Waals surface area contributed by atoms with E-state index in [0.29, 0.717) is 0 Å². The van der Waals surface area contributed by atoms with Gasteiger partial charge in [-0.2, -0.15) is 0 Å². The second kappa shape index (κ2) is 15.4. The smallest absolute Gasteiger partial charge is 0.119 e. The maximum atomic E-state index is 5.66. The normalized spacial score (nSPS) is 12.2. The van der Waals surface area contributed by atoms with Crippen molar-refractivity contribution in [2.24, 2.45) is 42.3 Å². The molecule has 0 amide bonds. The molecule has 0 aliphatic rings. The van der Waals surface area contributed by atoms with E-state index < -0.39 is 0 Å². The molecule has 8 aromatic carbocycles. The summed E-state index contributed by atoms with van der Waals surface area (Å²) < 4.78 is 47.8. The summed E-state index contributed by atoms with van der Waals surface area (Å²) in [6, 6.07) is 38.1. The molecular weight excluding hydrogens is 901 g/mol. The molecule has 0 fully saturated rings. The van der Waals surface area contributed by atoms with Crippen molar-refractivity contribution >= 4 is 131 Å². The number of hydrogen-bond donors (Lipinski definition) is 0. The molecule has 12 heteroatoms. The van der Waals surface area contributed by atoms with Crippen molar-refractivity contribution in [3.05, 3.63) is 109 Å². The third-order valence-corrected chi connectivity index (χ3v) is 15.9. The van der Waals surface area contributed by atoms with Crippen molar-refractivity contribution < 1.29 is 28.4 Å². The molecule has 0 unspecified atom stereocenters. The highest BCUT2D eigenvalue weighted by Crippen LogP contribution is 2.51. The summed E-state index contributed by atoms with van der Waals surface area (Å²) in [5.74, 6) is 5.10. The maximum absolute atomic E-state index is 5.66. The number of aromatic nitrogens is 6. The maximum Gasteiger partial charge on any atom is 0.119 e. The van der Waals surface area contributed by atoms with Gasteiger partial charge >= 0.3 is 0 Å². The molecular formula is C60H54N6O6. The van der Waals surface area contributed by atoms with E-state index in [9.17, 15) is 0 Å². The molecule has 12 nitrogen and oxygen atoms in total. The van der Waals surface area contributed by atoms with Crippen LogP contribution in [0.4, 0.5) is 0 Å². The summed E-state index contributed by atoms with van der Waals surface area (Å²) in [5, 5.41) is 14.4. The predicted molar refractivity (Wildman–Crippen MR) is 296 cm³/mol. The van der Waals surface area contributed by atoms with Gasteiger partial charge < -0.3 is 55.8 Å². The molecule has 0 atom stereocenters. The van der Waals surface area contributed by atoms with E-state index in [4.69, 9.17) is 28.4 Å². The third-order valence-electron chi connectivity index (χ3n) is 15.9. The lowest BCUT2D eigenvalue weighted by Crippen LogP contribution is -1.94. The summed E-state index contributed by atoms with van der Waals surface area (Å²) >= 11 is 0. The Bertz CT molecular complexity index is 4370. The minimum atomic E-state index is 0.848. The van der Waals surface area contributed by atoms with Gasteiger partial charge in [0.05, 0.1) is 75.8 Å². The van der Waals surface area contributed by atoms with Gasteiger partial charge in [0.25, 0.3) is 0 Å². The van der Waals surface area contributed by atoms with Crippen molar-refractivity contribution in [3.8, 4) is 34.5 Å². The molecule has 0 saturated carbocycles. The van der Waals surface area contributed by atoms with E-state index in [1.54, 1.807) is 42.7 Å². The first-order valence-electron chi connectivity index (χ1n) is 24.0. The van der Waals surface area contributed by atoms with Gasteiger partial charge in [-0.05, 0) is 109 Å². The topological polar surface area (TPSA) is 85.0 Å². The molecule has 0 aliphatic heterocycles. The van der Waals surface area contributed by atoms with Gasteiger partial charge in [0, 0.05) is 140 Å². The van der Waals surface area contributed by atoms with Crippen LogP contribution in [0.1, 0.15) is 0 Å². The summed E-state index contributed by atoms with van der Waals surface area (Å²) in [6.07, 6.45) is 0. The van der Waals surface area contributed by atoms with Gasteiger partial charge in [0.15, 0.2) is 0 Å². The largest absolute Gasteiger partial charge is 0.497 e. The molecule has 0 N–H and O–H groups in total. The number of nitrogens with zero attached hydrogens (tertiary/aromatic N) is 6. The quantitative estimate of drug-likeness (QED) is 0.165. The molecule has 6 aromatic heterocycles. The van der Waals surface area contributed by atoms with Crippen molar-refractivity contribution in [3.63, 3.8) is 0 Å². The molecule has 6 heterocycles. The zero-order valence-corrected chi connectivity index (χ0v) is 42.5. The Morgan fingerprint density at radius 2 is 0.389 bits per heavy atom. The zero-order chi connectivity index (χ0) is 49.8. The molecule has 0 saturated heterocycles. The average Bonchev–Trinajstić information content (AvgIpc) is 4.21. The number of fused-ring (bicyclic) bond motifs is 24. The van der Waals surface area contributed by atoms with E-state index in [-0.39, 0.29) is 0 Å². The standard InChI is InChI=1S/2C30H27N3O3/c2*1-31-22-10-7-16(34-4)13-19(22)25-26-20-14-17(35-5)8-11-23(20)32(2)29(26)30-27(28(25)31)21-15-18(36-6)9-12-24(21)33(30)3/h2*7-15H,1-6H3. The molecule has 0 bridgehead atoms. The lowest BCUT2D eigenvalue weighted by Gasteiger charge is -2.07. The van der Waals surface area contributed by atoms with Crippen LogP contribution in [0.3, 0.4) is 0 Å². The second-order valence-electron chi connectivity index (χ2n) is 19.0. The van der Waals surface area contributed by atoms with Crippen molar-refractivity contribution in [1.29, 1.82) is 0 Å². The Morgan fingerprint density at radius 1 is 0.222 bits per heavy atom. The van der Waals surface area contributed by atoms with Gasteiger partial charge in [-0.15, -0.1) is 0 Å². The Kier molecular flexibility index (Phi) is 9.30. The van der Waals surface area contributed by atoms with Gasteiger partial charge in [0.1, 0.15) is 34.5 Å². The van der Waals surface area contributed by atoms with E-state index in [1.165, 1.54) is 131 Å². The minimum absolute atomic E-state index is 0.848.